The average molecular weight is 328 g/mol. The fraction of sp³-hybridized carbons (Fsp3) is 0.421. The highest BCUT2D eigenvalue weighted by atomic mass is 16.5. The van der Waals surface area contributed by atoms with E-state index in [4.69, 9.17) is 4.74 Å². The van der Waals surface area contributed by atoms with E-state index in [9.17, 15) is 9.90 Å². The molecule has 2 aromatic rings. The second-order valence-corrected chi connectivity index (χ2v) is 6.39. The molecular formula is C19H24N2O3. The largest absolute Gasteiger partial charge is 0.394 e. The molecule has 1 fully saturated rings. The van der Waals surface area contributed by atoms with Gasteiger partial charge in [-0.25, -0.2) is 0 Å². The summed E-state index contributed by atoms with van der Waals surface area (Å²) in [5, 5.41) is 9.27. The van der Waals surface area contributed by atoms with Crippen LogP contribution in [-0.4, -0.2) is 52.9 Å². The summed E-state index contributed by atoms with van der Waals surface area (Å²) in [7, 11) is 0. The van der Waals surface area contributed by atoms with Crippen molar-refractivity contribution in [1.29, 1.82) is 0 Å². The smallest absolute Gasteiger partial charge is 0.255 e. The Labute approximate surface area is 142 Å². The zero-order chi connectivity index (χ0) is 17.3. The van der Waals surface area contributed by atoms with E-state index in [-0.39, 0.29) is 18.6 Å². The van der Waals surface area contributed by atoms with Crippen molar-refractivity contribution in [2.75, 3.05) is 26.3 Å². The molecule has 0 aliphatic carbocycles. The van der Waals surface area contributed by atoms with Crippen molar-refractivity contribution in [3.63, 3.8) is 0 Å². The van der Waals surface area contributed by atoms with E-state index in [0.717, 1.165) is 17.1 Å². The van der Waals surface area contributed by atoms with Crippen molar-refractivity contribution < 1.29 is 14.6 Å². The van der Waals surface area contributed by atoms with Crippen LogP contribution >= 0.6 is 0 Å². The fourth-order valence-electron chi connectivity index (χ4n) is 3.33. The van der Waals surface area contributed by atoms with E-state index in [2.05, 4.69) is 29.7 Å². The number of morpholine rings is 1. The molecule has 0 radical (unpaired) electrons. The van der Waals surface area contributed by atoms with Gasteiger partial charge in [0.25, 0.3) is 5.91 Å². The number of aliphatic hydroxyl groups excluding tert-OH is 1. The van der Waals surface area contributed by atoms with Crippen LogP contribution in [0.15, 0.2) is 30.3 Å². The summed E-state index contributed by atoms with van der Waals surface area (Å²) in [6.07, 6.45) is -0.289. The molecule has 2 heterocycles. The zero-order valence-corrected chi connectivity index (χ0v) is 14.5. The van der Waals surface area contributed by atoms with Gasteiger partial charge in [0.1, 0.15) is 0 Å². The summed E-state index contributed by atoms with van der Waals surface area (Å²) in [6, 6.07) is 10.2. The number of ether oxygens (including phenoxy) is 1. The minimum Gasteiger partial charge on any atom is -0.394 e. The number of rotatable bonds is 3. The van der Waals surface area contributed by atoms with Crippen molar-refractivity contribution in [2.45, 2.75) is 26.9 Å². The second kappa shape index (κ2) is 6.79. The van der Waals surface area contributed by atoms with E-state index in [0.29, 0.717) is 25.3 Å². The molecule has 128 valence electrons. The maximum absolute atomic E-state index is 12.9. The molecule has 0 bridgehead atoms. The van der Waals surface area contributed by atoms with Gasteiger partial charge in [0.2, 0.25) is 0 Å². The van der Waals surface area contributed by atoms with Gasteiger partial charge in [-0.15, -0.1) is 0 Å². The van der Waals surface area contributed by atoms with Gasteiger partial charge in [-0.05, 0) is 44.5 Å². The van der Waals surface area contributed by atoms with Gasteiger partial charge in [0, 0.05) is 30.2 Å². The van der Waals surface area contributed by atoms with Gasteiger partial charge in [-0.1, -0.05) is 12.1 Å². The SMILES string of the molecule is Cc1cccc(-n2c(C)cc(C(=O)N3CCOC(CO)C3)c2C)c1. The number of carbonyl (C=O) groups excluding carboxylic acids is 1. The molecule has 1 aromatic carbocycles. The summed E-state index contributed by atoms with van der Waals surface area (Å²) in [5.41, 5.74) is 4.95. The maximum Gasteiger partial charge on any atom is 0.255 e. The average Bonchev–Trinajstić information content (AvgIpc) is 2.88. The van der Waals surface area contributed by atoms with Gasteiger partial charge in [-0.2, -0.15) is 0 Å². The van der Waals surface area contributed by atoms with E-state index in [1.54, 1.807) is 4.90 Å². The molecule has 1 aliphatic rings. The number of amides is 1. The predicted octanol–water partition coefficient (Wildman–Crippen LogP) is 2.24. The van der Waals surface area contributed by atoms with Crippen molar-refractivity contribution >= 4 is 5.91 Å². The van der Waals surface area contributed by atoms with Gasteiger partial charge in [0.05, 0.1) is 24.9 Å². The molecule has 5 heteroatoms. The molecule has 0 spiro atoms. The second-order valence-electron chi connectivity index (χ2n) is 6.39. The molecule has 1 amide bonds. The summed E-state index contributed by atoms with van der Waals surface area (Å²) in [4.78, 5) is 14.7. The van der Waals surface area contributed by atoms with E-state index in [1.165, 1.54) is 5.56 Å². The molecule has 1 saturated heterocycles. The van der Waals surface area contributed by atoms with E-state index in [1.807, 2.05) is 26.0 Å². The highest BCUT2D eigenvalue weighted by Gasteiger charge is 2.27. The monoisotopic (exact) mass is 328 g/mol. The van der Waals surface area contributed by atoms with Crippen LogP contribution in [0, 0.1) is 20.8 Å². The van der Waals surface area contributed by atoms with Gasteiger partial charge < -0.3 is 19.3 Å². The fourth-order valence-corrected chi connectivity index (χ4v) is 3.33. The Bertz CT molecular complexity index is 751. The minimum absolute atomic E-state index is 0.00348. The highest BCUT2D eigenvalue weighted by molar-refractivity contribution is 5.96. The summed E-state index contributed by atoms with van der Waals surface area (Å²) in [6.45, 7) is 7.45. The number of carbonyl (C=O) groups is 1. The molecule has 5 nitrogen and oxygen atoms in total. The number of aryl methyl sites for hydroxylation is 2. The molecule has 1 aliphatic heterocycles. The van der Waals surface area contributed by atoms with Crippen LogP contribution < -0.4 is 0 Å². The van der Waals surface area contributed by atoms with Crippen molar-refractivity contribution in [1.82, 2.24) is 9.47 Å². The Morgan fingerprint density at radius 1 is 1.29 bits per heavy atom. The summed E-state index contributed by atoms with van der Waals surface area (Å²) >= 11 is 0. The Morgan fingerprint density at radius 2 is 2.08 bits per heavy atom. The lowest BCUT2D eigenvalue weighted by Gasteiger charge is -2.32. The first-order chi connectivity index (χ1) is 11.5. The number of aliphatic hydroxyl groups is 1. The number of benzene rings is 1. The van der Waals surface area contributed by atoms with Crippen LogP contribution in [0.2, 0.25) is 0 Å². The topological polar surface area (TPSA) is 54.7 Å². The lowest BCUT2D eigenvalue weighted by atomic mass is 10.2. The number of aromatic nitrogens is 1. The zero-order valence-electron chi connectivity index (χ0n) is 14.5. The quantitative estimate of drug-likeness (QED) is 0.940. The third-order valence-electron chi connectivity index (χ3n) is 4.55. The van der Waals surface area contributed by atoms with Gasteiger partial charge >= 0.3 is 0 Å². The summed E-state index contributed by atoms with van der Waals surface area (Å²) in [5.74, 6) is 0.00348. The molecule has 0 saturated carbocycles. The van der Waals surface area contributed by atoms with Crippen LogP contribution in [-0.2, 0) is 4.74 Å². The first-order valence-corrected chi connectivity index (χ1v) is 8.29. The Hall–Kier alpha value is -2.11. The molecule has 24 heavy (non-hydrogen) atoms. The van der Waals surface area contributed by atoms with Crippen LogP contribution in [0.25, 0.3) is 5.69 Å². The standard InChI is InChI=1S/C19H24N2O3/c1-13-5-4-6-16(9-13)21-14(2)10-18(15(21)3)19(23)20-7-8-24-17(11-20)12-22/h4-6,9-10,17,22H,7-8,11-12H2,1-3H3. The lowest BCUT2D eigenvalue weighted by Crippen LogP contribution is -2.47. The third kappa shape index (κ3) is 3.09. The number of nitrogens with zero attached hydrogens (tertiary/aromatic N) is 2. The molecule has 3 rings (SSSR count). The Kier molecular flexibility index (Phi) is 4.73. The molecule has 1 N–H and O–H groups in total. The predicted molar refractivity (Wildman–Crippen MR) is 92.7 cm³/mol. The highest BCUT2D eigenvalue weighted by Crippen LogP contribution is 2.23. The van der Waals surface area contributed by atoms with Crippen LogP contribution in [0.5, 0.6) is 0 Å². The normalized spacial score (nSPS) is 18.0. The first-order valence-electron chi connectivity index (χ1n) is 8.29. The first kappa shape index (κ1) is 16.7. The number of hydrogen-bond donors (Lipinski definition) is 1. The van der Waals surface area contributed by atoms with Gasteiger partial charge in [-0.3, -0.25) is 4.79 Å². The molecule has 1 aromatic heterocycles. The summed E-state index contributed by atoms with van der Waals surface area (Å²) < 4.78 is 7.55. The van der Waals surface area contributed by atoms with E-state index >= 15 is 0 Å². The molecule has 1 unspecified atom stereocenters. The molecule has 1 atom stereocenters. The third-order valence-corrected chi connectivity index (χ3v) is 4.55. The van der Waals surface area contributed by atoms with E-state index < -0.39 is 0 Å². The maximum atomic E-state index is 12.9. The molecular weight excluding hydrogens is 304 g/mol. The number of hydrogen-bond acceptors (Lipinski definition) is 3. The Balaban J connectivity index is 1.92. The Morgan fingerprint density at radius 3 is 2.79 bits per heavy atom. The van der Waals surface area contributed by atoms with Crippen molar-refractivity contribution in [3.05, 3.63) is 52.8 Å². The van der Waals surface area contributed by atoms with Crippen LogP contribution in [0.3, 0.4) is 0 Å². The minimum atomic E-state index is -0.289. The van der Waals surface area contributed by atoms with Gasteiger partial charge in [0.15, 0.2) is 0 Å². The van der Waals surface area contributed by atoms with Crippen molar-refractivity contribution in [2.24, 2.45) is 0 Å². The van der Waals surface area contributed by atoms with Crippen molar-refractivity contribution in [3.8, 4) is 5.69 Å². The van der Waals surface area contributed by atoms with Crippen LogP contribution in [0.4, 0.5) is 0 Å². The lowest BCUT2D eigenvalue weighted by molar-refractivity contribution is -0.0447. The van der Waals surface area contributed by atoms with Crippen LogP contribution in [0.1, 0.15) is 27.3 Å².